The van der Waals surface area contributed by atoms with Gasteiger partial charge in [0.05, 0.1) is 5.56 Å². The number of benzene rings is 1. The highest BCUT2D eigenvalue weighted by Gasteiger charge is 2.05. The van der Waals surface area contributed by atoms with Crippen molar-refractivity contribution in [2.45, 2.75) is 6.92 Å². The zero-order chi connectivity index (χ0) is 9.14. The molecule has 1 rings (SSSR count). The molecule has 0 saturated heterocycles. The second-order valence-corrected chi connectivity index (χ2v) is 2.58. The molecule has 0 heterocycles. The molecule has 0 radical (unpaired) electrons. The molecule has 0 bridgehead atoms. The number of nitrogens with two attached hydrogens (primary N) is 1. The predicted octanol–water partition coefficient (Wildman–Crippen LogP) is 0.680. The van der Waals surface area contributed by atoms with Gasteiger partial charge in [0.2, 0.25) is 0 Å². The lowest BCUT2D eigenvalue weighted by Gasteiger charge is -2.04. The largest absolute Gasteiger partial charge is 0.478 e. The summed E-state index contributed by atoms with van der Waals surface area (Å²) in [7, 11) is 3.60. The first-order chi connectivity index (χ1) is 5.65. The van der Waals surface area contributed by atoms with Gasteiger partial charge < -0.3 is 10.4 Å². The Kier molecular flexibility index (Phi) is 2.45. The van der Waals surface area contributed by atoms with E-state index in [1.807, 2.05) is 6.92 Å². The van der Waals surface area contributed by atoms with Gasteiger partial charge in [0.25, 0.3) is 0 Å². The number of rotatable bonds is 2. The Morgan fingerprint density at radius 3 is 2.75 bits per heavy atom. The molecule has 64 valence electrons. The van der Waals surface area contributed by atoms with Gasteiger partial charge in [0.15, 0.2) is 0 Å². The smallest absolute Gasteiger partial charge is 0.335 e. The molecule has 1 aromatic carbocycles. The minimum Gasteiger partial charge on any atom is -0.478 e. The van der Waals surface area contributed by atoms with E-state index in [-0.39, 0.29) is 0 Å². The van der Waals surface area contributed by atoms with Gasteiger partial charge in [-0.1, -0.05) is 6.07 Å². The zero-order valence-corrected chi connectivity index (χ0v) is 6.87. The van der Waals surface area contributed by atoms with Crippen LogP contribution in [0.5, 0.6) is 0 Å². The predicted molar refractivity (Wildman–Crippen MR) is 45.1 cm³/mol. The lowest BCUT2D eigenvalue weighted by Crippen LogP contribution is -2.70. The summed E-state index contributed by atoms with van der Waals surface area (Å²) in [5, 5.41) is 10.3. The number of aromatic carboxylic acids is 1. The van der Waals surface area contributed by atoms with Crippen molar-refractivity contribution in [1.82, 2.24) is 0 Å². The molecular weight excluding hydrogens is 154 g/mol. The van der Waals surface area contributed by atoms with Crippen molar-refractivity contribution < 1.29 is 15.2 Å². The molecule has 3 nitrogen and oxygen atoms in total. The molecule has 1 aromatic rings. The summed E-state index contributed by atoms with van der Waals surface area (Å²) in [6, 6.07) is 4.98. The summed E-state index contributed by atoms with van der Waals surface area (Å²) in [4.78, 5) is 10.5. The molecule has 0 saturated carbocycles. The van der Waals surface area contributed by atoms with Gasteiger partial charge in [-0.2, -0.15) is 0 Å². The van der Waals surface area contributed by atoms with E-state index in [9.17, 15) is 4.79 Å². The van der Waals surface area contributed by atoms with Crippen LogP contribution in [-0.2, 0) is 0 Å². The minimum atomic E-state index is -0.905. The third kappa shape index (κ3) is 1.62. The molecule has 0 fully saturated rings. The van der Waals surface area contributed by atoms with Crippen molar-refractivity contribution in [2.24, 2.45) is 0 Å². The van der Waals surface area contributed by atoms with E-state index in [1.54, 1.807) is 23.5 Å². The average molecular weight is 165 g/mol. The van der Waals surface area contributed by atoms with Crippen LogP contribution < -0.4 is 5.32 Å². The maximum Gasteiger partial charge on any atom is 0.335 e. The Morgan fingerprint density at radius 2 is 2.25 bits per heavy atom. The van der Waals surface area contributed by atoms with Crippen LogP contribution >= 0.6 is 0 Å². The van der Waals surface area contributed by atoms with Crippen molar-refractivity contribution in [2.75, 3.05) is 0 Å². The minimum absolute atomic E-state index is 0.301. The lowest BCUT2D eigenvalue weighted by molar-refractivity contribution is -0.505. The van der Waals surface area contributed by atoms with Crippen molar-refractivity contribution in [3.8, 4) is 0 Å². The van der Waals surface area contributed by atoms with Crippen LogP contribution in [0.15, 0.2) is 18.2 Å². The number of carboxylic acids is 1. The third-order valence-electron chi connectivity index (χ3n) is 1.75. The maximum absolute atomic E-state index is 10.5. The lowest BCUT2D eigenvalue weighted by atomic mass is 10.1. The summed E-state index contributed by atoms with van der Waals surface area (Å²) in [6.45, 7) is 1.92. The van der Waals surface area contributed by atoms with Gasteiger partial charge in [-0.3, -0.25) is 0 Å². The Hall–Kier alpha value is -1.35. The summed E-state index contributed by atoms with van der Waals surface area (Å²) < 4.78 is 0. The van der Waals surface area contributed by atoms with Crippen LogP contribution in [0.3, 0.4) is 0 Å². The fourth-order valence-corrected chi connectivity index (χ4v) is 0.993. The first-order valence-electron chi connectivity index (χ1n) is 3.61. The van der Waals surface area contributed by atoms with E-state index in [0.29, 0.717) is 5.56 Å². The molecule has 0 unspecified atom stereocenters. The van der Waals surface area contributed by atoms with Crippen LogP contribution in [0.25, 0.3) is 0 Å². The maximum atomic E-state index is 10.5. The average Bonchev–Trinajstić information content (AvgIpc) is 2.05. The van der Waals surface area contributed by atoms with Crippen LogP contribution in [0, 0.1) is 14.0 Å². The highest BCUT2D eigenvalue weighted by molar-refractivity contribution is 5.88. The molecule has 0 aliphatic rings. The number of carbonyl (C=O) groups is 1. The Morgan fingerprint density at radius 1 is 1.58 bits per heavy atom. The van der Waals surface area contributed by atoms with Gasteiger partial charge >= 0.3 is 5.97 Å². The van der Waals surface area contributed by atoms with Crippen molar-refractivity contribution >= 4 is 11.7 Å². The van der Waals surface area contributed by atoms with Crippen molar-refractivity contribution in [3.63, 3.8) is 0 Å². The van der Waals surface area contributed by atoms with Gasteiger partial charge in [-0.25, -0.2) is 4.79 Å². The fraction of sp³-hybridized carbons (Fsp3) is 0.111. The molecule has 3 N–H and O–H groups in total. The molecule has 0 aliphatic heterocycles. The molecule has 0 spiro atoms. The first-order valence-corrected chi connectivity index (χ1v) is 3.61. The number of quaternary nitrogens is 1. The molecular formula is C9H11NO2. The molecule has 0 amide bonds. The van der Waals surface area contributed by atoms with Crippen LogP contribution in [0.4, 0.5) is 5.69 Å². The van der Waals surface area contributed by atoms with Crippen LogP contribution in [-0.4, -0.2) is 11.1 Å². The summed E-state index contributed by atoms with van der Waals surface area (Å²) in [6.07, 6.45) is 0. The van der Waals surface area contributed by atoms with E-state index < -0.39 is 5.97 Å². The Labute approximate surface area is 71.0 Å². The number of carboxylic acid groups (broad SMARTS) is 1. The van der Waals surface area contributed by atoms with Crippen molar-refractivity contribution in [3.05, 3.63) is 36.4 Å². The van der Waals surface area contributed by atoms with Gasteiger partial charge in [-0.05, 0) is 13.0 Å². The van der Waals surface area contributed by atoms with Crippen LogP contribution in [0.2, 0.25) is 0 Å². The van der Waals surface area contributed by atoms with E-state index in [4.69, 9.17) is 5.11 Å². The highest BCUT2D eigenvalue weighted by atomic mass is 16.4. The normalized spacial score (nSPS) is 9.83. The number of hydrogen-bond acceptors (Lipinski definition) is 1. The summed E-state index contributed by atoms with van der Waals surface area (Å²) in [5.41, 5.74) is 2.21. The van der Waals surface area contributed by atoms with E-state index in [1.165, 1.54) is 0 Å². The van der Waals surface area contributed by atoms with Crippen molar-refractivity contribution in [1.29, 1.82) is 0 Å². The SMILES string of the molecule is [CH2-][NH2+]c1cc(C(=O)O)ccc1C. The first kappa shape index (κ1) is 8.74. The summed E-state index contributed by atoms with van der Waals surface area (Å²) in [5.74, 6) is -0.905. The van der Waals surface area contributed by atoms with E-state index in [2.05, 4.69) is 7.05 Å². The number of aryl methyl sites for hydroxylation is 1. The molecule has 12 heavy (non-hydrogen) atoms. The Bertz CT molecular complexity index is 307. The summed E-state index contributed by atoms with van der Waals surface area (Å²) >= 11 is 0. The fourth-order valence-electron chi connectivity index (χ4n) is 0.993. The standard InChI is InChI=1S/C9H11NO2/c1-6-3-4-7(9(11)12)5-8(6)10-2/h3-5H,2,10H2,1H3,(H,11,12). The highest BCUT2D eigenvalue weighted by Crippen LogP contribution is 2.11. The quantitative estimate of drug-likeness (QED) is 0.500. The van der Waals surface area contributed by atoms with E-state index >= 15 is 0 Å². The molecule has 0 aromatic heterocycles. The van der Waals surface area contributed by atoms with E-state index in [0.717, 1.165) is 11.3 Å². The molecule has 3 heteroatoms. The third-order valence-corrected chi connectivity index (χ3v) is 1.75. The Balaban J connectivity index is 3.13. The zero-order valence-electron chi connectivity index (χ0n) is 6.87. The van der Waals surface area contributed by atoms with Gasteiger partial charge in [-0.15, -0.1) is 7.05 Å². The monoisotopic (exact) mass is 165 g/mol. The second kappa shape index (κ2) is 3.36. The van der Waals surface area contributed by atoms with Crippen LogP contribution in [0.1, 0.15) is 15.9 Å². The topological polar surface area (TPSA) is 53.9 Å². The second-order valence-electron chi connectivity index (χ2n) is 2.58. The number of hydrogen-bond donors (Lipinski definition) is 2. The van der Waals surface area contributed by atoms with Gasteiger partial charge in [0, 0.05) is 11.6 Å². The molecule has 0 aliphatic carbocycles. The van der Waals surface area contributed by atoms with Gasteiger partial charge in [0.1, 0.15) is 5.69 Å². The molecule has 0 atom stereocenters.